The number of fused-ring (bicyclic) bond motifs is 6. The van der Waals surface area contributed by atoms with Gasteiger partial charge in [-0.05, 0) is 159 Å². The van der Waals surface area contributed by atoms with E-state index in [1.54, 1.807) is 0 Å². The molecule has 2 nitrogen and oxygen atoms in total. The smallest absolute Gasteiger partial charge is 0.0541 e. The van der Waals surface area contributed by atoms with E-state index in [2.05, 4.69) is 268 Å². The van der Waals surface area contributed by atoms with Crippen LogP contribution < -0.4 is 4.90 Å². The van der Waals surface area contributed by atoms with Gasteiger partial charge in [0.15, 0.2) is 0 Å². The maximum absolute atomic E-state index is 2.44. The minimum Gasteiger partial charge on any atom is -0.310 e. The van der Waals surface area contributed by atoms with Crippen LogP contribution in [0.3, 0.4) is 0 Å². The molecule has 0 aliphatic heterocycles. The van der Waals surface area contributed by atoms with Gasteiger partial charge >= 0.3 is 0 Å². The number of nitrogens with zero attached hydrogens (tertiary/aromatic N) is 2. The highest BCUT2D eigenvalue weighted by atomic mass is 15.1. The minimum atomic E-state index is -0.237. The summed E-state index contributed by atoms with van der Waals surface area (Å²) in [6, 6.07) is 85.2. The molecule has 11 aromatic rings. The Morgan fingerprint density at radius 3 is 1.28 bits per heavy atom. The van der Waals surface area contributed by atoms with Gasteiger partial charge in [0, 0.05) is 38.9 Å². The third-order valence-corrected chi connectivity index (χ3v) is 14.0. The molecule has 12 rings (SSSR count). The largest absolute Gasteiger partial charge is 0.310 e. The Kier molecular flexibility index (Phi) is 9.66. The predicted octanol–water partition coefficient (Wildman–Crippen LogP) is 17.8. The Balaban J connectivity index is 0.956. The highest BCUT2D eigenvalue weighted by Crippen LogP contribution is 2.52. The number of para-hydroxylation sites is 2. The van der Waals surface area contributed by atoms with Crippen molar-refractivity contribution in [3.05, 3.63) is 253 Å². The molecule has 0 spiro atoms. The molecule has 0 radical (unpaired) electrons. The van der Waals surface area contributed by atoms with E-state index in [4.69, 9.17) is 0 Å². The standard InChI is InChI=1S/C65H50N2/c1-43-35-44(2)37-49(36-43)52-39-50(46-17-9-6-10-18-46)38-51(40-52)48-25-29-54(30-26-48)66(53-27-23-47(24-28-53)45-15-7-5-8-16-45)55-31-33-57-58-34-32-56(42-62(58)65(3,4)61(57)41-55)67-63-21-13-11-19-59(63)60-20-12-14-22-64(60)67/h5-42H,1-4H3. The van der Waals surface area contributed by atoms with Gasteiger partial charge in [-0.15, -0.1) is 0 Å². The Hall–Kier alpha value is -8.20. The molecule has 0 saturated heterocycles. The average molecular weight is 859 g/mol. The van der Waals surface area contributed by atoms with E-state index in [9.17, 15) is 0 Å². The summed E-state index contributed by atoms with van der Waals surface area (Å²) in [5.41, 5.74) is 24.2. The Labute approximate surface area is 393 Å². The SMILES string of the molecule is Cc1cc(C)cc(-c2cc(-c3ccccc3)cc(-c3ccc(N(c4ccc(-c5ccccc5)cc4)c4ccc5c(c4)C(C)(C)c4cc(-n6c7ccccc7c7ccccc76)ccc4-5)cc3)c2)c1. The highest BCUT2D eigenvalue weighted by molar-refractivity contribution is 6.09. The van der Waals surface area contributed by atoms with Crippen LogP contribution in [0.5, 0.6) is 0 Å². The molecule has 67 heavy (non-hydrogen) atoms. The molecule has 1 aliphatic carbocycles. The summed E-state index contributed by atoms with van der Waals surface area (Å²) in [4.78, 5) is 2.42. The van der Waals surface area contributed by atoms with E-state index in [-0.39, 0.29) is 5.41 Å². The van der Waals surface area contributed by atoms with Crippen LogP contribution in [0.25, 0.3) is 83.1 Å². The van der Waals surface area contributed by atoms with E-state index < -0.39 is 0 Å². The molecule has 0 N–H and O–H groups in total. The van der Waals surface area contributed by atoms with Crippen LogP contribution in [0, 0.1) is 13.8 Å². The summed E-state index contributed by atoms with van der Waals surface area (Å²) in [7, 11) is 0. The van der Waals surface area contributed by atoms with Gasteiger partial charge in [-0.1, -0.05) is 177 Å². The second-order valence-corrected chi connectivity index (χ2v) is 18.8. The van der Waals surface area contributed by atoms with Gasteiger partial charge in [0.05, 0.1) is 11.0 Å². The lowest BCUT2D eigenvalue weighted by Gasteiger charge is -2.28. The van der Waals surface area contributed by atoms with E-state index in [0.29, 0.717) is 0 Å². The summed E-state index contributed by atoms with van der Waals surface area (Å²) < 4.78 is 2.43. The van der Waals surface area contributed by atoms with Crippen molar-refractivity contribution in [1.82, 2.24) is 4.57 Å². The third-order valence-electron chi connectivity index (χ3n) is 14.0. The maximum atomic E-state index is 2.44. The number of hydrogen-bond acceptors (Lipinski definition) is 1. The molecule has 0 fully saturated rings. The summed E-state index contributed by atoms with van der Waals surface area (Å²) in [6.45, 7) is 9.15. The summed E-state index contributed by atoms with van der Waals surface area (Å²) >= 11 is 0. The number of aryl methyl sites for hydroxylation is 2. The summed E-state index contributed by atoms with van der Waals surface area (Å²) in [5, 5.41) is 2.55. The van der Waals surface area contributed by atoms with Gasteiger partial charge in [0.25, 0.3) is 0 Å². The first-order chi connectivity index (χ1) is 32.8. The lowest BCUT2D eigenvalue weighted by molar-refractivity contribution is 0.660. The quantitative estimate of drug-likeness (QED) is 0.148. The highest BCUT2D eigenvalue weighted by Gasteiger charge is 2.36. The van der Waals surface area contributed by atoms with Crippen LogP contribution in [0.4, 0.5) is 17.1 Å². The van der Waals surface area contributed by atoms with Gasteiger partial charge in [-0.2, -0.15) is 0 Å². The monoisotopic (exact) mass is 858 g/mol. The van der Waals surface area contributed by atoms with Gasteiger partial charge < -0.3 is 9.47 Å². The molecule has 1 aromatic heterocycles. The normalized spacial score (nSPS) is 12.6. The van der Waals surface area contributed by atoms with E-state index >= 15 is 0 Å². The second kappa shape index (κ2) is 16.0. The van der Waals surface area contributed by atoms with Gasteiger partial charge in [0.2, 0.25) is 0 Å². The zero-order chi connectivity index (χ0) is 45.2. The van der Waals surface area contributed by atoms with Crippen LogP contribution >= 0.6 is 0 Å². The number of anilines is 3. The summed E-state index contributed by atoms with van der Waals surface area (Å²) in [6.07, 6.45) is 0. The zero-order valence-electron chi connectivity index (χ0n) is 38.3. The lowest BCUT2D eigenvalue weighted by Crippen LogP contribution is -2.17. The number of rotatable bonds is 8. The van der Waals surface area contributed by atoms with Crippen molar-refractivity contribution in [1.29, 1.82) is 0 Å². The fourth-order valence-electron chi connectivity index (χ4n) is 10.8. The topological polar surface area (TPSA) is 8.17 Å². The first kappa shape index (κ1) is 40.3. The molecule has 320 valence electrons. The van der Waals surface area contributed by atoms with E-state index in [1.807, 2.05) is 0 Å². The molecular formula is C65H50N2. The van der Waals surface area contributed by atoms with Crippen molar-refractivity contribution < 1.29 is 0 Å². The molecule has 0 amide bonds. The molecule has 1 aliphatic rings. The molecular weight excluding hydrogens is 809 g/mol. The van der Waals surface area contributed by atoms with Crippen LogP contribution in [0.1, 0.15) is 36.1 Å². The second-order valence-electron chi connectivity index (χ2n) is 18.8. The number of benzene rings is 10. The first-order valence-electron chi connectivity index (χ1n) is 23.4. The van der Waals surface area contributed by atoms with Crippen LogP contribution in [0.2, 0.25) is 0 Å². The Morgan fingerprint density at radius 2 is 0.731 bits per heavy atom. The van der Waals surface area contributed by atoms with E-state index in [0.717, 1.165) is 17.1 Å². The van der Waals surface area contributed by atoms with Gasteiger partial charge in [0.1, 0.15) is 0 Å². The molecule has 0 saturated carbocycles. The molecule has 0 unspecified atom stereocenters. The van der Waals surface area contributed by atoms with E-state index in [1.165, 1.54) is 105 Å². The molecule has 0 atom stereocenters. The molecule has 1 heterocycles. The average Bonchev–Trinajstić information content (AvgIpc) is 3.82. The first-order valence-corrected chi connectivity index (χ1v) is 23.4. The van der Waals surface area contributed by atoms with Crippen molar-refractivity contribution in [2.24, 2.45) is 0 Å². The number of aromatic nitrogens is 1. The molecule has 2 heteroatoms. The summed E-state index contributed by atoms with van der Waals surface area (Å²) in [5.74, 6) is 0. The van der Waals surface area contributed by atoms with Crippen molar-refractivity contribution in [2.45, 2.75) is 33.1 Å². The van der Waals surface area contributed by atoms with Crippen LogP contribution in [0.15, 0.2) is 231 Å². The molecule has 10 aromatic carbocycles. The molecule has 0 bridgehead atoms. The zero-order valence-corrected chi connectivity index (χ0v) is 38.3. The minimum absolute atomic E-state index is 0.237. The van der Waals surface area contributed by atoms with Crippen LogP contribution in [-0.4, -0.2) is 4.57 Å². The van der Waals surface area contributed by atoms with Gasteiger partial charge in [-0.25, -0.2) is 0 Å². The van der Waals surface area contributed by atoms with Crippen molar-refractivity contribution in [3.63, 3.8) is 0 Å². The predicted molar refractivity (Wildman–Crippen MR) is 284 cm³/mol. The number of hydrogen-bond donors (Lipinski definition) is 0. The van der Waals surface area contributed by atoms with Crippen LogP contribution in [-0.2, 0) is 5.41 Å². The van der Waals surface area contributed by atoms with Crippen molar-refractivity contribution in [2.75, 3.05) is 4.90 Å². The van der Waals surface area contributed by atoms with Crippen molar-refractivity contribution in [3.8, 4) is 61.3 Å². The Morgan fingerprint density at radius 1 is 0.328 bits per heavy atom. The van der Waals surface area contributed by atoms with Crippen molar-refractivity contribution >= 4 is 38.9 Å². The third kappa shape index (κ3) is 7.05. The maximum Gasteiger partial charge on any atom is 0.0541 e. The fourth-order valence-corrected chi connectivity index (χ4v) is 10.8. The Bertz CT molecular complexity index is 3580. The van der Waals surface area contributed by atoms with Gasteiger partial charge in [-0.3, -0.25) is 0 Å². The lowest BCUT2D eigenvalue weighted by atomic mass is 9.82. The fraction of sp³-hybridized carbons (Fsp3) is 0.0769.